The standard InChI is InChI=1S/C26H31ClO4S/c1-31-25(30)11-5-3-2-4-8-20-18(13-16-22(20)29)12-14-19(28)15-17-24-26(27)21-9-6-7-10-23(21)32-24/h2,4,6-7,9-10,12,14,18-20,28H,3,5,8,11,13,15-17H2,1H3/b4-2-,14-12+/t18-,19?,20+/m0/s1. The van der Waals surface area contributed by atoms with Gasteiger partial charge in [0.15, 0.2) is 0 Å². The number of Topliss-reactive ketones (excluding diaryl/α,β-unsaturated/α-hetero) is 1. The molecule has 1 aliphatic carbocycles. The first kappa shape index (κ1) is 24.7. The molecule has 0 amide bonds. The molecule has 1 heterocycles. The molecule has 32 heavy (non-hydrogen) atoms. The van der Waals surface area contributed by atoms with Gasteiger partial charge < -0.3 is 9.84 Å². The molecule has 3 atom stereocenters. The zero-order valence-corrected chi connectivity index (χ0v) is 20.0. The van der Waals surface area contributed by atoms with Crippen molar-refractivity contribution in [2.45, 2.75) is 57.5 Å². The van der Waals surface area contributed by atoms with Crippen molar-refractivity contribution in [2.24, 2.45) is 11.8 Å². The molecular formula is C26H31ClO4S. The zero-order valence-electron chi connectivity index (χ0n) is 18.5. The van der Waals surface area contributed by atoms with Crippen molar-refractivity contribution in [3.63, 3.8) is 0 Å². The second-order valence-electron chi connectivity index (χ2n) is 8.28. The molecule has 0 saturated heterocycles. The molecule has 0 radical (unpaired) electrons. The molecule has 1 saturated carbocycles. The van der Waals surface area contributed by atoms with Crippen LogP contribution in [0.25, 0.3) is 10.1 Å². The molecule has 1 fully saturated rings. The highest BCUT2D eigenvalue weighted by Crippen LogP contribution is 2.36. The molecule has 0 bridgehead atoms. The van der Waals surface area contributed by atoms with Gasteiger partial charge in [0.1, 0.15) is 5.78 Å². The number of halogens is 1. The van der Waals surface area contributed by atoms with Gasteiger partial charge in [0.25, 0.3) is 0 Å². The van der Waals surface area contributed by atoms with Gasteiger partial charge in [-0.3, -0.25) is 9.59 Å². The molecule has 2 aromatic rings. The Bertz CT molecular complexity index is 977. The van der Waals surface area contributed by atoms with Gasteiger partial charge in [-0.05, 0) is 50.5 Å². The van der Waals surface area contributed by atoms with Crippen LogP contribution in [0.5, 0.6) is 0 Å². The number of methoxy groups -OCH3 is 1. The lowest BCUT2D eigenvalue weighted by Gasteiger charge is -2.13. The van der Waals surface area contributed by atoms with Crippen LogP contribution in [0.1, 0.15) is 49.8 Å². The maximum absolute atomic E-state index is 12.3. The molecule has 1 unspecified atom stereocenters. The third-order valence-corrected chi connectivity index (χ3v) is 7.81. The molecule has 172 valence electrons. The molecule has 3 rings (SSSR count). The average Bonchev–Trinajstić information content (AvgIpc) is 3.32. The SMILES string of the molecule is COC(=O)CCC/C=C\C[C@H]1C(=O)CC[C@@H]1/C=C/C(O)CCc1sc2ccccc2c1Cl. The first-order chi connectivity index (χ1) is 15.5. The normalized spacial score (nSPS) is 20.0. The first-order valence-corrected chi connectivity index (χ1v) is 12.5. The highest BCUT2D eigenvalue weighted by Gasteiger charge is 2.31. The van der Waals surface area contributed by atoms with Crippen LogP contribution in [0.3, 0.4) is 0 Å². The molecule has 1 aromatic carbocycles. The second-order valence-corrected chi connectivity index (χ2v) is 9.79. The molecule has 0 aliphatic heterocycles. The van der Waals surface area contributed by atoms with E-state index in [-0.39, 0.29) is 17.8 Å². The van der Waals surface area contributed by atoms with Crippen molar-refractivity contribution in [3.05, 3.63) is 58.5 Å². The van der Waals surface area contributed by atoms with Gasteiger partial charge in [-0.1, -0.05) is 54.1 Å². The number of rotatable bonds is 11. The van der Waals surface area contributed by atoms with Crippen molar-refractivity contribution < 1.29 is 19.4 Å². The molecule has 6 heteroatoms. The first-order valence-electron chi connectivity index (χ1n) is 11.3. The van der Waals surface area contributed by atoms with Gasteiger partial charge in [-0.15, -0.1) is 11.3 Å². The van der Waals surface area contributed by atoms with Gasteiger partial charge in [-0.25, -0.2) is 0 Å². The van der Waals surface area contributed by atoms with Gasteiger partial charge in [0.2, 0.25) is 0 Å². The number of hydrogen-bond acceptors (Lipinski definition) is 5. The van der Waals surface area contributed by atoms with Crippen LogP contribution < -0.4 is 0 Å². The molecular weight excluding hydrogens is 444 g/mol. The van der Waals surface area contributed by atoms with Crippen LogP contribution >= 0.6 is 22.9 Å². The fourth-order valence-electron chi connectivity index (χ4n) is 4.17. The van der Waals surface area contributed by atoms with Gasteiger partial charge in [0.05, 0.1) is 18.2 Å². The minimum absolute atomic E-state index is 0.0210. The fraction of sp³-hybridized carbons (Fsp3) is 0.462. The van der Waals surface area contributed by atoms with E-state index < -0.39 is 6.10 Å². The number of benzene rings is 1. The number of esters is 1. The van der Waals surface area contributed by atoms with Crippen molar-refractivity contribution >= 4 is 44.8 Å². The summed E-state index contributed by atoms with van der Waals surface area (Å²) in [6.07, 6.45) is 12.9. The summed E-state index contributed by atoms with van der Waals surface area (Å²) in [7, 11) is 1.40. The number of hydrogen-bond donors (Lipinski definition) is 1. The van der Waals surface area contributed by atoms with Crippen LogP contribution in [-0.4, -0.2) is 30.1 Å². The van der Waals surface area contributed by atoms with Gasteiger partial charge in [0, 0.05) is 33.7 Å². The van der Waals surface area contributed by atoms with Crippen LogP contribution in [0.15, 0.2) is 48.6 Å². The Morgan fingerprint density at radius 1 is 1.34 bits per heavy atom. The maximum atomic E-state index is 12.3. The lowest BCUT2D eigenvalue weighted by molar-refractivity contribution is -0.140. The highest BCUT2D eigenvalue weighted by molar-refractivity contribution is 7.19. The van der Waals surface area contributed by atoms with E-state index in [1.54, 1.807) is 11.3 Å². The molecule has 1 N–H and O–H groups in total. The Hall–Kier alpha value is -1.95. The van der Waals surface area contributed by atoms with Crippen LogP contribution in [-0.2, 0) is 20.7 Å². The molecule has 4 nitrogen and oxygen atoms in total. The van der Waals surface area contributed by atoms with E-state index in [1.807, 2.05) is 42.5 Å². The number of carbonyl (C=O) groups excluding carboxylic acids is 2. The molecule has 0 spiro atoms. The van der Waals surface area contributed by atoms with Crippen LogP contribution in [0, 0.1) is 11.8 Å². The number of fused-ring (bicyclic) bond motifs is 1. The monoisotopic (exact) mass is 474 g/mol. The Morgan fingerprint density at radius 3 is 2.94 bits per heavy atom. The van der Waals surface area contributed by atoms with Crippen LogP contribution in [0.4, 0.5) is 0 Å². The molecule has 1 aromatic heterocycles. The number of allylic oxidation sites excluding steroid dienone is 3. The maximum Gasteiger partial charge on any atom is 0.305 e. The summed E-state index contributed by atoms with van der Waals surface area (Å²) in [5, 5.41) is 12.3. The van der Waals surface area contributed by atoms with Crippen molar-refractivity contribution in [1.29, 1.82) is 0 Å². The Labute approximate surface area is 198 Å². The quantitative estimate of drug-likeness (QED) is 0.236. The van der Waals surface area contributed by atoms with Gasteiger partial charge >= 0.3 is 5.97 Å². The topological polar surface area (TPSA) is 63.6 Å². The fourth-order valence-corrected chi connectivity index (χ4v) is 5.71. The summed E-state index contributed by atoms with van der Waals surface area (Å²) in [5.74, 6) is 0.255. The minimum atomic E-state index is -0.554. The highest BCUT2D eigenvalue weighted by atomic mass is 35.5. The van der Waals surface area contributed by atoms with E-state index in [0.717, 1.165) is 41.0 Å². The lowest BCUT2D eigenvalue weighted by atomic mass is 9.91. The number of aryl methyl sites for hydroxylation is 1. The minimum Gasteiger partial charge on any atom is -0.469 e. The lowest BCUT2D eigenvalue weighted by Crippen LogP contribution is -2.13. The number of aliphatic hydroxyl groups is 1. The number of ketones is 1. The van der Waals surface area contributed by atoms with E-state index in [4.69, 9.17) is 11.6 Å². The number of carbonyl (C=O) groups is 2. The Kier molecular flexibility index (Phi) is 9.51. The average molecular weight is 475 g/mol. The van der Waals surface area contributed by atoms with E-state index in [1.165, 1.54) is 11.8 Å². The van der Waals surface area contributed by atoms with E-state index in [9.17, 15) is 14.7 Å². The summed E-state index contributed by atoms with van der Waals surface area (Å²) < 4.78 is 5.80. The number of aliphatic hydroxyl groups excluding tert-OH is 1. The van der Waals surface area contributed by atoms with E-state index in [0.29, 0.717) is 31.5 Å². The summed E-state index contributed by atoms with van der Waals surface area (Å²) in [4.78, 5) is 24.5. The third kappa shape index (κ3) is 6.77. The Morgan fingerprint density at radius 2 is 2.16 bits per heavy atom. The Balaban J connectivity index is 1.46. The van der Waals surface area contributed by atoms with Crippen molar-refractivity contribution in [3.8, 4) is 0 Å². The van der Waals surface area contributed by atoms with Crippen molar-refractivity contribution in [2.75, 3.05) is 7.11 Å². The summed E-state index contributed by atoms with van der Waals surface area (Å²) in [5.41, 5.74) is 0. The number of unbranched alkanes of at least 4 members (excludes halogenated alkanes) is 1. The second kappa shape index (κ2) is 12.3. The third-order valence-electron chi connectivity index (χ3n) is 6.04. The summed E-state index contributed by atoms with van der Waals surface area (Å²) in [6, 6.07) is 8.09. The zero-order chi connectivity index (χ0) is 22.9. The summed E-state index contributed by atoms with van der Waals surface area (Å²) >= 11 is 8.19. The predicted molar refractivity (Wildman–Crippen MR) is 131 cm³/mol. The summed E-state index contributed by atoms with van der Waals surface area (Å²) in [6.45, 7) is 0. The van der Waals surface area contributed by atoms with Crippen molar-refractivity contribution in [1.82, 2.24) is 0 Å². The largest absolute Gasteiger partial charge is 0.469 e. The van der Waals surface area contributed by atoms with E-state index >= 15 is 0 Å². The molecule has 1 aliphatic rings. The van der Waals surface area contributed by atoms with E-state index in [2.05, 4.69) is 10.8 Å². The predicted octanol–water partition coefficient (Wildman–Crippen LogP) is 6.29. The van der Waals surface area contributed by atoms with Crippen LogP contribution in [0.2, 0.25) is 5.02 Å². The number of ether oxygens (including phenoxy) is 1. The van der Waals surface area contributed by atoms with Gasteiger partial charge in [-0.2, -0.15) is 0 Å². The number of thiophene rings is 1. The smallest absolute Gasteiger partial charge is 0.305 e.